The van der Waals surface area contributed by atoms with Crippen LogP contribution in [0.1, 0.15) is 32.4 Å². The molecule has 1 amide bonds. The van der Waals surface area contributed by atoms with Crippen LogP contribution in [0.2, 0.25) is 5.02 Å². The molecule has 0 heterocycles. The Morgan fingerprint density at radius 2 is 1.34 bits per heavy atom. The Labute approximate surface area is 173 Å². The Morgan fingerprint density at radius 1 is 0.793 bits per heavy atom. The molecule has 0 aliphatic rings. The van der Waals surface area contributed by atoms with E-state index in [4.69, 9.17) is 16.3 Å². The van der Waals surface area contributed by atoms with Crippen molar-refractivity contribution >= 4 is 29.3 Å². The van der Waals surface area contributed by atoms with E-state index in [0.29, 0.717) is 21.7 Å². The molecule has 0 saturated carbocycles. The lowest BCUT2D eigenvalue weighted by Crippen LogP contribution is -2.32. The van der Waals surface area contributed by atoms with Crippen LogP contribution in [-0.4, -0.2) is 24.2 Å². The number of amides is 1. The molecule has 0 aliphatic carbocycles. The number of ether oxygens (including phenoxy) is 1. The third kappa shape index (κ3) is 5.53. The fraction of sp³-hybridized carbons (Fsp3) is 0.0870. The number of esters is 1. The molecule has 1 atom stereocenters. The van der Waals surface area contributed by atoms with Gasteiger partial charge in [0.1, 0.15) is 6.54 Å². The van der Waals surface area contributed by atoms with Gasteiger partial charge in [-0.1, -0.05) is 72.3 Å². The van der Waals surface area contributed by atoms with Crippen molar-refractivity contribution in [1.82, 2.24) is 5.32 Å². The predicted molar refractivity (Wildman–Crippen MR) is 110 cm³/mol. The fourth-order valence-corrected chi connectivity index (χ4v) is 2.81. The Balaban J connectivity index is 1.72. The van der Waals surface area contributed by atoms with Crippen LogP contribution in [0.25, 0.3) is 0 Å². The number of Topliss-reactive ketones (excluding diaryl/α,β-unsaturated/α-hetero) is 1. The number of halogens is 1. The minimum atomic E-state index is -1.14. The molecule has 0 bridgehead atoms. The molecule has 0 saturated heterocycles. The maximum absolute atomic E-state index is 12.9. The van der Waals surface area contributed by atoms with E-state index in [2.05, 4.69) is 5.32 Å². The van der Waals surface area contributed by atoms with E-state index in [9.17, 15) is 14.4 Å². The highest BCUT2D eigenvalue weighted by Gasteiger charge is 2.26. The van der Waals surface area contributed by atoms with Crippen LogP contribution < -0.4 is 5.32 Å². The van der Waals surface area contributed by atoms with Crippen LogP contribution >= 0.6 is 11.6 Å². The molecule has 3 rings (SSSR count). The first-order valence-corrected chi connectivity index (χ1v) is 9.30. The SMILES string of the molecule is O=C(CNC(=O)c1ccccc1)O[C@@H](C(=O)c1ccccc1)c1ccc(Cl)cc1. The van der Waals surface area contributed by atoms with E-state index in [1.54, 1.807) is 84.9 Å². The molecule has 0 aliphatic heterocycles. The lowest BCUT2D eigenvalue weighted by atomic mass is 10.00. The topological polar surface area (TPSA) is 72.5 Å². The van der Waals surface area contributed by atoms with Crippen molar-refractivity contribution in [1.29, 1.82) is 0 Å². The maximum atomic E-state index is 12.9. The van der Waals surface area contributed by atoms with Crippen LogP contribution in [0.3, 0.4) is 0 Å². The predicted octanol–water partition coefficient (Wildman–Crippen LogP) is 4.24. The van der Waals surface area contributed by atoms with E-state index in [1.165, 1.54) is 0 Å². The fourth-order valence-electron chi connectivity index (χ4n) is 2.68. The summed E-state index contributed by atoms with van der Waals surface area (Å²) in [5.74, 6) is -1.49. The van der Waals surface area contributed by atoms with Crippen LogP contribution in [0.5, 0.6) is 0 Å². The van der Waals surface area contributed by atoms with Gasteiger partial charge in [-0.05, 0) is 24.3 Å². The molecule has 146 valence electrons. The minimum absolute atomic E-state index is 0.361. The maximum Gasteiger partial charge on any atom is 0.326 e. The second kappa shape index (κ2) is 9.66. The average Bonchev–Trinajstić information content (AvgIpc) is 2.77. The molecule has 5 nitrogen and oxygen atoms in total. The molecule has 0 aromatic heterocycles. The van der Waals surface area contributed by atoms with Crippen molar-refractivity contribution in [2.45, 2.75) is 6.10 Å². The zero-order valence-electron chi connectivity index (χ0n) is 15.4. The van der Waals surface area contributed by atoms with E-state index < -0.39 is 18.0 Å². The van der Waals surface area contributed by atoms with Gasteiger partial charge in [-0.25, -0.2) is 0 Å². The first-order chi connectivity index (χ1) is 14.0. The number of benzene rings is 3. The zero-order valence-corrected chi connectivity index (χ0v) is 16.1. The molecule has 0 fully saturated rings. The number of nitrogens with one attached hydrogen (secondary N) is 1. The van der Waals surface area contributed by atoms with Gasteiger partial charge in [-0.3, -0.25) is 14.4 Å². The summed E-state index contributed by atoms with van der Waals surface area (Å²) in [4.78, 5) is 37.4. The second-order valence-electron chi connectivity index (χ2n) is 6.20. The Hall–Kier alpha value is -3.44. The smallest absolute Gasteiger partial charge is 0.326 e. The van der Waals surface area contributed by atoms with E-state index >= 15 is 0 Å². The van der Waals surface area contributed by atoms with Gasteiger partial charge in [0.2, 0.25) is 5.78 Å². The number of rotatable bonds is 7. The number of ketones is 1. The quantitative estimate of drug-likeness (QED) is 0.469. The molecule has 0 unspecified atom stereocenters. The number of hydrogen-bond acceptors (Lipinski definition) is 4. The summed E-state index contributed by atoms with van der Waals surface area (Å²) in [5.41, 5.74) is 1.33. The minimum Gasteiger partial charge on any atom is -0.448 e. The van der Waals surface area contributed by atoms with Crippen molar-refractivity contribution in [3.63, 3.8) is 0 Å². The summed E-state index contributed by atoms with van der Waals surface area (Å²) >= 11 is 5.92. The monoisotopic (exact) mass is 407 g/mol. The van der Waals surface area contributed by atoms with Gasteiger partial charge in [0.05, 0.1) is 0 Å². The van der Waals surface area contributed by atoms with E-state index in [1.807, 2.05) is 0 Å². The molecular formula is C23H18ClNO4. The van der Waals surface area contributed by atoms with Crippen LogP contribution in [0.15, 0.2) is 84.9 Å². The number of carbonyl (C=O) groups is 3. The standard InChI is InChI=1S/C23H18ClNO4/c24-19-13-11-17(12-14-19)22(21(27)16-7-3-1-4-8-16)29-20(26)15-25-23(28)18-9-5-2-6-10-18/h1-14,22H,15H2,(H,25,28)/t22-/m1/s1. The van der Waals surface area contributed by atoms with Crippen molar-refractivity contribution in [3.8, 4) is 0 Å². The van der Waals surface area contributed by atoms with Crippen LogP contribution in [0, 0.1) is 0 Å². The Kier molecular flexibility index (Phi) is 6.76. The molecule has 0 radical (unpaired) electrons. The lowest BCUT2D eigenvalue weighted by molar-refractivity contribution is -0.146. The van der Waals surface area contributed by atoms with Crippen molar-refractivity contribution in [2.75, 3.05) is 6.54 Å². The Bertz CT molecular complexity index is 988. The highest BCUT2D eigenvalue weighted by molar-refractivity contribution is 6.30. The lowest BCUT2D eigenvalue weighted by Gasteiger charge is -2.18. The van der Waals surface area contributed by atoms with Gasteiger partial charge in [-0.2, -0.15) is 0 Å². The Morgan fingerprint density at radius 3 is 1.93 bits per heavy atom. The molecule has 0 spiro atoms. The van der Waals surface area contributed by atoms with Gasteiger partial charge < -0.3 is 10.1 Å². The van der Waals surface area contributed by atoms with Crippen molar-refractivity contribution < 1.29 is 19.1 Å². The molecule has 3 aromatic rings. The average molecular weight is 408 g/mol. The van der Waals surface area contributed by atoms with Gasteiger partial charge in [0, 0.05) is 21.7 Å². The summed E-state index contributed by atoms with van der Waals surface area (Å²) in [6, 6.07) is 23.6. The van der Waals surface area contributed by atoms with Crippen molar-refractivity contribution in [2.24, 2.45) is 0 Å². The second-order valence-corrected chi connectivity index (χ2v) is 6.64. The number of hydrogen-bond donors (Lipinski definition) is 1. The van der Waals surface area contributed by atoms with E-state index in [-0.39, 0.29) is 12.3 Å². The summed E-state index contributed by atoms with van der Waals surface area (Å²) in [7, 11) is 0. The van der Waals surface area contributed by atoms with Crippen molar-refractivity contribution in [3.05, 3.63) is 107 Å². The normalized spacial score (nSPS) is 11.3. The van der Waals surface area contributed by atoms with Gasteiger partial charge in [0.25, 0.3) is 5.91 Å². The molecular weight excluding hydrogens is 390 g/mol. The summed E-state index contributed by atoms with van der Waals surface area (Å²) in [6.07, 6.45) is -1.14. The van der Waals surface area contributed by atoms with Gasteiger partial charge >= 0.3 is 5.97 Å². The molecule has 29 heavy (non-hydrogen) atoms. The first kappa shape index (κ1) is 20.3. The number of carbonyl (C=O) groups excluding carboxylic acids is 3. The zero-order chi connectivity index (χ0) is 20.6. The highest BCUT2D eigenvalue weighted by atomic mass is 35.5. The first-order valence-electron chi connectivity index (χ1n) is 8.92. The molecule has 6 heteroatoms. The largest absolute Gasteiger partial charge is 0.448 e. The van der Waals surface area contributed by atoms with Crippen LogP contribution in [0.4, 0.5) is 0 Å². The third-order valence-corrected chi connectivity index (χ3v) is 4.40. The highest BCUT2D eigenvalue weighted by Crippen LogP contribution is 2.24. The van der Waals surface area contributed by atoms with Gasteiger partial charge in [0.15, 0.2) is 6.10 Å². The molecule has 3 aromatic carbocycles. The van der Waals surface area contributed by atoms with Crippen LogP contribution in [-0.2, 0) is 9.53 Å². The molecule has 1 N–H and O–H groups in total. The van der Waals surface area contributed by atoms with Gasteiger partial charge in [-0.15, -0.1) is 0 Å². The summed E-state index contributed by atoms with van der Waals surface area (Å²) in [6.45, 7) is -0.361. The van der Waals surface area contributed by atoms with E-state index in [0.717, 1.165) is 0 Å². The summed E-state index contributed by atoms with van der Waals surface area (Å²) < 4.78 is 5.43. The summed E-state index contributed by atoms with van der Waals surface area (Å²) in [5, 5.41) is 3.00. The third-order valence-electron chi connectivity index (χ3n) is 4.15.